The third-order valence-corrected chi connectivity index (χ3v) is 5.90. The summed E-state index contributed by atoms with van der Waals surface area (Å²) in [7, 11) is 0. The number of β-amino-alcohol motifs (C(OH)–C–C–N with tert-alkyl or cyclic N) is 1. The van der Waals surface area contributed by atoms with Crippen LogP contribution >= 0.6 is 11.3 Å². The maximum absolute atomic E-state index is 12.7. The number of aliphatic hydroxyl groups is 1. The number of halogens is 3. The first-order chi connectivity index (χ1) is 14.7. The molecule has 1 N–H and O–H groups in total. The van der Waals surface area contributed by atoms with Crippen molar-refractivity contribution < 1.29 is 18.3 Å². The highest BCUT2D eigenvalue weighted by Gasteiger charge is 2.32. The minimum absolute atomic E-state index is 0.0986. The zero-order chi connectivity index (χ0) is 22.2. The lowest BCUT2D eigenvalue weighted by atomic mass is 10.0. The fourth-order valence-corrected chi connectivity index (χ4v) is 4.13. The Balaban J connectivity index is 1.50. The normalized spacial score (nSPS) is 17.0. The molecule has 11 heteroatoms. The van der Waals surface area contributed by atoms with Crippen LogP contribution in [-0.2, 0) is 12.7 Å². The molecule has 1 atom stereocenters. The summed E-state index contributed by atoms with van der Waals surface area (Å²) in [6.07, 6.45) is -2.04. The summed E-state index contributed by atoms with van der Waals surface area (Å²) in [5, 5.41) is 14.6. The van der Waals surface area contributed by atoms with Crippen LogP contribution in [-0.4, -0.2) is 44.0 Å². The standard InChI is InChI=1S/C20H18F3N5O2S/c1-12-3-2-4-15(25-12)14-7-8-27(11-16(14)29)18-9-24-28(19(30)26-18)10-13-5-6-17(31-13)20(21,22)23/h2-7,9,16,29H,8,10-11H2,1H3/t16-/m0/s1. The lowest BCUT2D eigenvalue weighted by Gasteiger charge is -2.30. The van der Waals surface area contributed by atoms with Crippen LogP contribution in [0.4, 0.5) is 19.0 Å². The Kier molecular flexibility index (Phi) is 5.63. The molecule has 162 valence electrons. The maximum Gasteiger partial charge on any atom is 0.425 e. The van der Waals surface area contributed by atoms with Gasteiger partial charge in [0.05, 0.1) is 24.5 Å². The van der Waals surface area contributed by atoms with Gasteiger partial charge in [-0.05, 0) is 31.2 Å². The molecule has 0 aromatic carbocycles. The van der Waals surface area contributed by atoms with Crippen molar-refractivity contribution in [1.82, 2.24) is 19.7 Å². The SMILES string of the molecule is Cc1cccc(C2=CCN(c3cnn(Cc4ccc(C(F)(F)F)s4)c(=O)n3)C[C@@H]2O)n1. The summed E-state index contributed by atoms with van der Waals surface area (Å²) in [4.78, 5) is 22.1. The largest absolute Gasteiger partial charge is 0.425 e. The second-order valence-electron chi connectivity index (χ2n) is 7.06. The number of nitrogens with zero attached hydrogens (tertiary/aromatic N) is 5. The van der Waals surface area contributed by atoms with Gasteiger partial charge < -0.3 is 10.0 Å². The molecule has 0 unspecified atom stereocenters. The molecule has 1 aliphatic rings. The van der Waals surface area contributed by atoms with Gasteiger partial charge in [0.25, 0.3) is 0 Å². The van der Waals surface area contributed by atoms with E-state index in [9.17, 15) is 23.1 Å². The molecule has 0 spiro atoms. The molecule has 4 rings (SSSR count). The summed E-state index contributed by atoms with van der Waals surface area (Å²) in [6.45, 7) is 2.38. The first kappa shape index (κ1) is 21.2. The molecule has 7 nitrogen and oxygen atoms in total. The summed E-state index contributed by atoms with van der Waals surface area (Å²) >= 11 is 0.565. The Morgan fingerprint density at radius 3 is 2.68 bits per heavy atom. The molecular formula is C20H18F3N5O2S. The Hall–Kier alpha value is -3.05. The van der Waals surface area contributed by atoms with Gasteiger partial charge in [0.15, 0.2) is 5.82 Å². The Morgan fingerprint density at radius 2 is 2.03 bits per heavy atom. The van der Waals surface area contributed by atoms with Gasteiger partial charge in [-0.25, -0.2) is 9.48 Å². The highest BCUT2D eigenvalue weighted by Crippen LogP contribution is 2.34. The van der Waals surface area contributed by atoms with Gasteiger partial charge in [-0.1, -0.05) is 12.1 Å². The van der Waals surface area contributed by atoms with Crippen LogP contribution in [0.15, 0.2) is 47.4 Å². The first-order valence-corrected chi connectivity index (χ1v) is 10.2. The van der Waals surface area contributed by atoms with Crippen LogP contribution in [0.25, 0.3) is 5.57 Å². The molecule has 0 fully saturated rings. The summed E-state index contributed by atoms with van der Waals surface area (Å²) in [6, 6.07) is 7.87. The van der Waals surface area contributed by atoms with Crippen molar-refractivity contribution >= 4 is 22.7 Å². The zero-order valence-electron chi connectivity index (χ0n) is 16.4. The zero-order valence-corrected chi connectivity index (χ0v) is 17.2. The predicted molar refractivity (Wildman–Crippen MR) is 110 cm³/mol. The highest BCUT2D eigenvalue weighted by molar-refractivity contribution is 7.12. The van der Waals surface area contributed by atoms with Gasteiger partial charge in [-0.15, -0.1) is 11.3 Å². The van der Waals surface area contributed by atoms with E-state index in [2.05, 4.69) is 15.1 Å². The van der Waals surface area contributed by atoms with E-state index >= 15 is 0 Å². The number of aliphatic hydroxyl groups excluding tert-OH is 1. The highest BCUT2D eigenvalue weighted by atomic mass is 32.1. The van der Waals surface area contributed by atoms with Crippen LogP contribution in [0.1, 0.15) is 21.1 Å². The molecular weight excluding hydrogens is 431 g/mol. The van der Waals surface area contributed by atoms with E-state index in [1.54, 1.807) is 4.90 Å². The second-order valence-corrected chi connectivity index (χ2v) is 8.23. The quantitative estimate of drug-likeness (QED) is 0.660. The number of anilines is 1. The molecule has 0 amide bonds. The third-order valence-electron chi connectivity index (χ3n) is 4.78. The molecule has 3 aromatic rings. The van der Waals surface area contributed by atoms with Gasteiger partial charge in [-0.2, -0.15) is 23.3 Å². The van der Waals surface area contributed by atoms with Crippen LogP contribution in [0.2, 0.25) is 0 Å². The number of hydrogen-bond acceptors (Lipinski definition) is 7. The average molecular weight is 449 g/mol. The smallest absolute Gasteiger partial charge is 0.386 e. The minimum Gasteiger partial charge on any atom is -0.386 e. The Morgan fingerprint density at radius 1 is 1.23 bits per heavy atom. The van der Waals surface area contributed by atoms with Gasteiger partial charge in [0.1, 0.15) is 4.88 Å². The van der Waals surface area contributed by atoms with Gasteiger partial charge in [-0.3, -0.25) is 4.98 Å². The van der Waals surface area contributed by atoms with Crippen LogP contribution < -0.4 is 10.6 Å². The van der Waals surface area contributed by atoms with Crippen molar-refractivity contribution in [3.8, 4) is 0 Å². The predicted octanol–water partition coefficient (Wildman–Crippen LogP) is 2.73. The van der Waals surface area contributed by atoms with Crippen LogP contribution in [0.3, 0.4) is 0 Å². The molecule has 0 saturated carbocycles. The fourth-order valence-electron chi connectivity index (χ4n) is 3.27. The van der Waals surface area contributed by atoms with E-state index in [1.807, 2.05) is 31.2 Å². The number of aromatic nitrogens is 4. The third kappa shape index (κ3) is 4.67. The summed E-state index contributed by atoms with van der Waals surface area (Å²) in [5.41, 5.74) is 1.57. The average Bonchev–Trinajstić information content (AvgIpc) is 3.18. The summed E-state index contributed by atoms with van der Waals surface area (Å²) in [5.74, 6) is 0.287. The lowest BCUT2D eigenvalue weighted by molar-refractivity contribution is -0.134. The monoisotopic (exact) mass is 449 g/mol. The van der Waals surface area contributed by atoms with E-state index < -0.39 is 22.8 Å². The van der Waals surface area contributed by atoms with Gasteiger partial charge >= 0.3 is 11.9 Å². The topological polar surface area (TPSA) is 84.1 Å². The Bertz CT molecular complexity index is 1190. The number of aryl methyl sites for hydroxylation is 1. The van der Waals surface area contributed by atoms with E-state index in [0.717, 1.165) is 16.4 Å². The van der Waals surface area contributed by atoms with E-state index in [1.165, 1.54) is 12.3 Å². The second kappa shape index (κ2) is 8.23. The minimum atomic E-state index is -4.42. The first-order valence-electron chi connectivity index (χ1n) is 9.38. The lowest BCUT2D eigenvalue weighted by Crippen LogP contribution is -2.40. The van der Waals surface area contributed by atoms with Crippen molar-refractivity contribution in [3.63, 3.8) is 0 Å². The van der Waals surface area contributed by atoms with Crippen molar-refractivity contribution in [2.75, 3.05) is 18.0 Å². The molecule has 0 saturated heterocycles. The van der Waals surface area contributed by atoms with E-state index in [0.29, 0.717) is 34.0 Å². The van der Waals surface area contributed by atoms with Crippen molar-refractivity contribution in [2.45, 2.75) is 25.7 Å². The molecule has 0 bridgehead atoms. The number of thiophene rings is 1. The Labute approximate surface area is 179 Å². The number of alkyl halides is 3. The molecule has 4 heterocycles. The number of hydrogen-bond donors (Lipinski definition) is 1. The van der Waals surface area contributed by atoms with Crippen molar-refractivity contribution in [2.24, 2.45) is 0 Å². The molecule has 31 heavy (non-hydrogen) atoms. The summed E-state index contributed by atoms with van der Waals surface area (Å²) < 4.78 is 39.2. The van der Waals surface area contributed by atoms with Crippen molar-refractivity contribution in [1.29, 1.82) is 0 Å². The number of pyridine rings is 1. The van der Waals surface area contributed by atoms with Gasteiger partial charge in [0.2, 0.25) is 0 Å². The van der Waals surface area contributed by atoms with Crippen LogP contribution in [0, 0.1) is 6.92 Å². The van der Waals surface area contributed by atoms with Crippen LogP contribution in [0.5, 0.6) is 0 Å². The van der Waals surface area contributed by atoms with Gasteiger partial charge in [0, 0.05) is 29.2 Å². The van der Waals surface area contributed by atoms with Crippen molar-refractivity contribution in [3.05, 3.63) is 74.2 Å². The van der Waals surface area contributed by atoms with E-state index in [4.69, 9.17) is 0 Å². The fraction of sp³-hybridized carbons (Fsp3) is 0.300. The molecule has 1 aliphatic heterocycles. The number of rotatable bonds is 4. The van der Waals surface area contributed by atoms with E-state index in [-0.39, 0.29) is 18.9 Å². The molecule has 3 aromatic heterocycles. The molecule has 0 aliphatic carbocycles. The molecule has 0 radical (unpaired) electrons. The maximum atomic E-state index is 12.7.